The second kappa shape index (κ2) is 10.7. The number of carbonyl (C=O) groups is 2. The number of benzene rings is 3. The molecule has 0 saturated carbocycles. The summed E-state index contributed by atoms with van der Waals surface area (Å²) in [6.07, 6.45) is 3.50. The highest BCUT2D eigenvalue weighted by Crippen LogP contribution is 2.41. The molecule has 2 N–H and O–H groups in total. The van der Waals surface area contributed by atoms with Crippen molar-refractivity contribution in [2.75, 3.05) is 33.7 Å². The minimum atomic E-state index is -0.120. The summed E-state index contributed by atoms with van der Waals surface area (Å²) < 4.78 is 6.87. The van der Waals surface area contributed by atoms with Crippen molar-refractivity contribution in [1.82, 2.24) is 9.80 Å². The molecule has 2 heterocycles. The standard InChI is InChI=1S/C30H28N2O5S/c1-31(2)27(35)4-3-15-32-17-24(18-32)37-23-12-7-19(8-13-23)29(36)28-25-14-11-22(34)16-26(25)38-30(28)20-5-9-21(33)10-6-20/h3-14,16,24,33-34H,15,17-18H2,1-2H3/b4-3+. The van der Waals surface area contributed by atoms with Gasteiger partial charge in [-0.05, 0) is 72.3 Å². The first kappa shape index (κ1) is 25.5. The van der Waals surface area contributed by atoms with Crippen molar-refractivity contribution in [1.29, 1.82) is 0 Å². The molecule has 1 fully saturated rings. The number of likely N-dealkylation sites (N-methyl/N-ethyl adjacent to an activating group) is 1. The Labute approximate surface area is 224 Å². The molecule has 0 atom stereocenters. The molecule has 194 valence electrons. The van der Waals surface area contributed by atoms with E-state index in [1.54, 1.807) is 74.8 Å². The van der Waals surface area contributed by atoms with Crippen molar-refractivity contribution in [3.8, 4) is 27.7 Å². The number of amides is 1. The predicted octanol–water partition coefficient (Wildman–Crippen LogP) is 4.92. The van der Waals surface area contributed by atoms with Crippen molar-refractivity contribution >= 4 is 33.1 Å². The number of carbonyl (C=O) groups excluding carboxylic acids is 2. The summed E-state index contributed by atoms with van der Waals surface area (Å²) in [5, 5.41) is 20.5. The van der Waals surface area contributed by atoms with E-state index in [9.17, 15) is 19.8 Å². The Hall–Kier alpha value is -4.14. The Bertz CT molecular complexity index is 1500. The van der Waals surface area contributed by atoms with Gasteiger partial charge in [-0.3, -0.25) is 14.5 Å². The molecule has 1 aromatic heterocycles. The first-order valence-electron chi connectivity index (χ1n) is 12.2. The van der Waals surface area contributed by atoms with Crippen molar-refractivity contribution < 1.29 is 24.5 Å². The van der Waals surface area contributed by atoms with Crippen LogP contribution < -0.4 is 4.74 Å². The summed E-state index contributed by atoms with van der Waals surface area (Å²) >= 11 is 1.43. The second-order valence-corrected chi connectivity index (χ2v) is 10.5. The van der Waals surface area contributed by atoms with E-state index in [0.29, 0.717) is 23.4 Å². The molecule has 1 aliphatic rings. The van der Waals surface area contributed by atoms with Crippen LogP contribution in [0, 0.1) is 0 Å². The lowest BCUT2D eigenvalue weighted by molar-refractivity contribution is -0.123. The highest BCUT2D eigenvalue weighted by Gasteiger charge is 2.28. The molecule has 0 spiro atoms. The van der Waals surface area contributed by atoms with Gasteiger partial charge in [0, 0.05) is 65.9 Å². The van der Waals surface area contributed by atoms with E-state index in [1.165, 1.54) is 16.2 Å². The van der Waals surface area contributed by atoms with Crippen molar-refractivity contribution in [3.63, 3.8) is 0 Å². The number of thiophene rings is 1. The quantitative estimate of drug-likeness (QED) is 0.249. The third kappa shape index (κ3) is 5.41. The third-order valence-electron chi connectivity index (χ3n) is 6.44. The van der Waals surface area contributed by atoms with Gasteiger partial charge in [0.1, 0.15) is 23.4 Å². The van der Waals surface area contributed by atoms with Crippen molar-refractivity contribution in [2.45, 2.75) is 6.10 Å². The molecule has 7 nitrogen and oxygen atoms in total. The van der Waals surface area contributed by atoms with Crippen LogP contribution in [0.4, 0.5) is 0 Å². The molecular formula is C30H28N2O5S. The zero-order valence-electron chi connectivity index (χ0n) is 21.1. The van der Waals surface area contributed by atoms with Crippen molar-refractivity contribution in [2.24, 2.45) is 0 Å². The van der Waals surface area contributed by atoms with Gasteiger partial charge in [0.15, 0.2) is 5.78 Å². The SMILES string of the molecule is CN(C)C(=O)/C=C/CN1CC(Oc2ccc(C(=O)c3c(-c4ccc(O)cc4)sc4cc(O)ccc34)cc2)C1. The van der Waals surface area contributed by atoms with Gasteiger partial charge in [-0.25, -0.2) is 0 Å². The number of nitrogens with zero attached hydrogens (tertiary/aromatic N) is 2. The molecule has 0 radical (unpaired) electrons. The molecule has 38 heavy (non-hydrogen) atoms. The number of phenolic OH excluding ortho intramolecular Hbond substituents is 2. The normalized spacial score (nSPS) is 14.1. The maximum Gasteiger partial charge on any atom is 0.245 e. The number of phenols is 2. The number of hydrogen-bond acceptors (Lipinski definition) is 7. The minimum Gasteiger partial charge on any atom is -0.508 e. The Kier molecular flexibility index (Phi) is 7.18. The first-order valence-corrected chi connectivity index (χ1v) is 13.1. The monoisotopic (exact) mass is 528 g/mol. The van der Waals surface area contributed by atoms with Gasteiger partial charge in [-0.15, -0.1) is 11.3 Å². The number of rotatable bonds is 8. The molecule has 0 unspecified atom stereocenters. The van der Waals surface area contributed by atoms with E-state index in [4.69, 9.17) is 4.74 Å². The van der Waals surface area contributed by atoms with Crippen LogP contribution in [0.5, 0.6) is 17.2 Å². The first-order chi connectivity index (χ1) is 18.3. The summed E-state index contributed by atoms with van der Waals surface area (Å²) in [6.45, 7) is 2.23. The van der Waals surface area contributed by atoms with Crippen LogP contribution in [0.3, 0.4) is 0 Å². The Morgan fingerprint density at radius 2 is 1.68 bits per heavy atom. The number of aromatic hydroxyl groups is 2. The Balaban J connectivity index is 1.29. The number of fused-ring (bicyclic) bond motifs is 1. The molecule has 4 aromatic rings. The maximum atomic E-state index is 13.7. The Morgan fingerprint density at radius 3 is 2.37 bits per heavy atom. The van der Waals surface area contributed by atoms with Crippen LogP contribution in [0.2, 0.25) is 0 Å². The fourth-order valence-corrected chi connectivity index (χ4v) is 5.58. The van der Waals surface area contributed by atoms with Gasteiger partial charge in [-0.2, -0.15) is 0 Å². The lowest BCUT2D eigenvalue weighted by atomic mass is 9.97. The highest BCUT2D eigenvalue weighted by atomic mass is 32.1. The lowest BCUT2D eigenvalue weighted by Gasteiger charge is -2.38. The summed E-state index contributed by atoms with van der Waals surface area (Å²) in [7, 11) is 3.45. The second-order valence-electron chi connectivity index (χ2n) is 9.48. The fourth-order valence-electron chi connectivity index (χ4n) is 4.35. The lowest BCUT2D eigenvalue weighted by Crippen LogP contribution is -2.53. The molecular weight excluding hydrogens is 500 g/mol. The number of ether oxygens (including phenoxy) is 1. The minimum absolute atomic E-state index is 0.0308. The van der Waals surface area contributed by atoms with Gasteiger partial charge >= 0.3 is 0 Å². The zero-order chi connectivity index (χ0) is 26.8. The Morgan fingerprint density at radius 1 is 1.00 bits per heavy atom. The molecule has 5 rings (SSSR count). The largest absolute Gasteiger partial charge is 0.508 e. The summed E-state index contributed by atoms with van der Waals surface area (Å²) in [4.78, 5) is 29.8. The summed E-state index contributed by atoms with van der Waals surface area (Å²) in [5.74, 6) is 0.844. The van der Waals surface area contributed by atoms with E-state index in [2.05, 4.69) is 4.90 Å². The van der Waals surface area contributed by atoms with Crippen LogP contribution in [-0.4, -0.2) is 71.5 Å². The predicted molar refractivity (Wildman–Crippen MR) is 149 cm³/mol. The molecule has 1 saturated heterocycles. The van der Waals surface area contributed by atoms with Gasteiger partial charge < -0.3 is 19.8 Å². The molecule has 1 aliphatic heterocycles. The van der Waals surface area contributed by atoms with Gasteiger partial charge in [-0.1, -0.05) is 6.08 Å². The van der Waals surface area contributed by atoms with E-state index >= 15 is 0 Å². The summed E-state index contributed by atoms with van der Waals surface area (Å²) in [5.41, 5.74) is 1.93. The number of hydrogen-bond donors (Lipinski definition) is 2. The van der Waals surface area contributed by atoms with Crippen LogP contribution in [0.25, 0.3) is 20.5 Å². The fraction of sp³-hybridized carbons (Fsp3) is 0.200. The third-order valence-corrected chi connectivity index (χ3v) is 7.64. The molecule has 1 amide bonds. The van der Waals surface area contributed by atoms with Crippen molar-refractivity contribution in [3.05, 3.63) is 90.0 Å². The summed E-state index contributed by atoms with van der Waals surface area (Å²) in [6, 6.07) is 18.9. The van der Waals surface area contributed by atoms with Gasteiger partial charge in [0.2, 0.25) is 5.91 Å². The zero-order valence-corrected chi connectivity index (χ0v) is 21.9. The van der Waals surface area contributed by atoms with Crippen LogP contribution >= 0.6 is 11.3 Å². The van der Waals surface area contributed by atoms with E-state index < -0.39 is 0 Å². The van der Waals surface area contributed by atoms with Gasteiger partial charge in [0.25, 0.3) is 0 Å². The molecule has 8 heteroatoms. The number of ketones is 1. The highest BCUT2D eigenvalue weighted by molar-refractivity contribution is 7.22. The average Bonchev–Trinajstić information content (AvgIpc) is 3.25. The molecule has 0 bridgehead atoms. The maximum absolute atomic E-state index is 13.7. The van der Waals surface area contributed by atoms with Crippen LogP contribution in [0.1, 0.15) is 15.9 Å². The van der Waals surface area contributed by atoms with E-state index in [-0.39, 0.29) is 29.3 Å². The van der Waals surface area contributed by atoms with Crippen LogP contribution in [0.15, 0.2) is 78.9 Å². The van der Waals surface area contributed by atoms with E-state index in [0.717, 1.165) is 33.6 Å². The average molecular weight is 529 g/mol. The van der Waals surface area contributed by atoms with E-state index in [1.807, 2.05) is 18.2 Å². The molecule has 3 aromatic carbocycles. The molecule has 0 aliphatic carbocycles. The smallest absolute Gasteiger partial charge is 0.245 e. The topological polar surface area (TPSA) is 90.3 Å². The number of likely N-dealkylation sites (tertiary alicyclic amines) is 1. The van der Waals surface area contributed by atoms with Crippen LogP contribution in [-0.2, 0) is 4.79 Å². The van der Waals surface area contributed by atoms with Gasteiger partial charge in [0.05, 0.1) is 0 Å².